The van der Waals surface area contributed by atoms with Gasteiger partial charge in [-0.3, -0.25) is 4.98 Å². The standard InChI is InChI=1S/C14H21NO/c1-11-6-5-9-15-13(11)10-14(16)12-7-3-2-4-8-12/h5-6,9,12,14,16H,2-4,7-8,10H2,1H3. The van der Waals surface area contributed by atoms with Gasteiger partial charge in [0.05, 0.1) is 6.10 Å². The Labute approximate surface area is 97.7 Å². The van der Waals surface area contributed by atoms with Crippen LogP contribution in [-0.2, 0) is 6.42 Å². The Bertz CT molecular complexity index is 331. The van der Waals surface area contributed by atoms with Crippen molar-refractivity contribution < 1.29 is 5.11 Å². The zero-order valence-corrected chi connectivity index (χ0v) is 10.0. The number of nitrogens with zero attached hydrogens (tertiary/aromatic N) is 1. The normalized spacial score (nSPS) is 19.6. The Morgan fingerprint density at radius 1 is 1.38 bits per heavy atom. The van der Waals surface area contributed by atoms with E-state index in [1.807, 2.05) is 12.3 Å². The number of hydrogen-bond acceptors (Lipinski definition) is 2. The Kier molecular flexibility index (Phi) is 3.94. The van der Waals surface area contributed by atoms with Crippen LogP contribution < -0.4 is 0 Å². The first-order valence-electron chi connectivity index (χ1n) is 6.36. The van der Waals surface area contributed by atoms with Gasteiger partial charge < -0.3 is 5.11 Å². The highest BCUT2D eigenvalue weighted by atomic mass is 16.3. The van der Waals surface area contributed by atoms with Crippen molar-refractivity contribution in [3.8, 4) is 0 Å². The van der Waals surface area contributed by atoms with E-state index in [0.717, 1.165) is 12.1 Å². The number of aromatic nitrogens is 1. The molecule has 1 aliphatic carbocycles. The maximum absolute atomic E-state index is 10.2. The van der Waals surface area contributed by atoms with Gasteiger partial charge in [-0.25, -0.2) is 0 Å². The van der Waals surface area contributed by atoms with Gasteiger partial charge in [0.2, 0.25) is 0 Å². The average molecular weight is 219 g/mol. The first-order valence-corrected chi connectivity index (χ1v) is 6.36. The molecule has 2 nitrogen and oxygen atoms in total. The van der Waals surface area contributed by atoms with Gasteiger partial charge >= 0.3 is 0 Å². The molecule has 2 heteroatoms. The highest BCUT2D eigenvalue weighted by Crippen LogP contribution is 2.27. The summed E-state index contributed by atoms with van der Waals surface area (Å²) in [5, 5.41) is 10.2. The van der Waals surface area contributed by atoms with Crippen molar-refractivity contribution in [2.24, 2.45) is 5.92 Å². The second-order valence-corrected chi connectivity index (χ2v) is 4.94. The number of rotatable bonds is 3. The fraction of sp³-hybridized carbons (Fsp3) is 0.643. The summed E-state index contributed by atoms with van der Waals surface area (Å²) in [6, 6.07) is 4.02. The third-order valence-electron chi connectivity index (χ3n) is 3.71. The summed E-state index contributed by atoms with van der Waals surface area (Å²) >= 11 is 0. The molecule has 0 saturated heterocycles. The maximum atomic E-state index is 10.2. The first-order chi connectivity index (χ1) is 7.77. The molecular formula is C14H21NO. The molecule has 1 aliphatic rings. The Morgan fingerprint density at radius 3 is 2.81 bits per heavy atom. The van der Waals surface area contributed by atoms with Gasteiger partial charge in [0.15, 0.2) is 0 Å². The van der Waals surface area contributed by atoms with Gasteiger partial charge in [-0.05, 0) is 37.3 Å². The van der Waals surface area contributed by atoms with Crippen molar-refractivity contribution in [2.75, 3.05) is 0 Å². The predicted octanol–water partition coefficient (Wildman–Crippen LogP) is 2.87. The highest BCUT2D eigenvalue weighted by molar-refractivity contribution is 5.18. The van der Waals surface area contributed by atoms with E-state index in [4.69, 9.17) is 0 Å². The van der Waals surface area contributed by atoms with E-state index in [-0.39, 0.29) is 6.10 Å². The van der Waals surface area contributed by atoms with Crippen LogP contribution in [-0.4, -0.2) is 16.2 Å². The lowest BCUT2D eigenvalue weighted by Gasteiger charge is -2.26. The van der Waals surface area contributed by atoms with E-state index < -0.39 is 0 Å². The predicted molar refractivity (Wildman–Crippen MR) is 65.3 cm³/mol. The second kappa shape index (κ2) is 5.44. The van der Waals surface area contributed by atoms with Crippen LogP contribution in [0.5, 0.6) is 0 Å². The number of aliphatic hydroxyl groups excluding tert-OH is 1. The molecule has 0 aliphatic heterocycles. The number of aliphatic hydroxyl groups is 1. The van der Waals surface area contributed by atoms with E-state index in [1.165, 1.54) is 37.7 Å². The molecule has 0 amide bonds. The summed E-state index contributed by atoms with van der Waals surface area (Å²) in [6.07, 6.45) is 8.61. The summed E-state index contributed by atoms with van der Waals surface area (Å²) in [7, 11) is 0. The fourth-order valence-corrected chi connectivity index (χ4v) is 2.62. The molecule has 0 spiro atoms. The molecule has 0 aromatic carbocycles. The molecule has 1 unspecified atom stereocenters. The van der Waals surface area contributed by atoms with Crippen LogP contribution in [0.1, 0.15) is 43.4 Å². The van der Waals surface area contributed by atoms with Crippen LogP contribution in [0.15, 0.2) is 18.3 Å². The highest BCUT2D eigenvalue weighted by Gasteiger charge is 2.22. The number of aryl methyl sites for hydroxylation is 1. The van der Waals surface area contributed by atoms with Crippen LogP contribution in [0.4, 0.5) is 0 Å². The molecule has 1 atom stereocenters. The third kappa shape index (κ3) is 2.82. The van der Waals surface area contributed by atoms with Gasteiger partial charge in [-0.1, -0.05) is 25.3 Å². The zero-order valence-electron chi connectivity index (χ0n) is 10.0. The fourth-order valence-electron chi connectivity index (χ4n) is 2.62. The number of pyridine rings is 1. The minimum atomic E-state index is -0.200. The third-order valence-corrected chi connectivity index (χ3v) is 3.71. The van der Waals surface area contributed by atoms with Gasteiger partial charge in [-0.15, -0.1) is 0 Å². The lowest BCUT2D eigenvalue weighted by atomic mass is 9.83. The monoisotopic (exact) mass is 219 g/mol. The van der Waals surface area contributed by atoms with Crippen LogP contribution in [0, 0.1) is 12.8 Å². The summed E-state index contributed by atoms with van der Waals surface area (Å²) in [5.74, 6) is 0.496. The smallest absolute Gasteiger partial charge is 0.0623 e. The molecule has 1 N–H and O–H groups in total. The molecule has 1 aromatic rings. The van der Waals surface area contributed by atoms with Gasteiger partial charge in [0, 0.05) is 18.3 Å². The zero-order chi connectivity index (χ0) is 11.4. The molecule has 1 saturated carbocycles. The Balaban J connectivity index is 1.96. The van der Waals surface area contributed by atoms with E-state index in [2.05, 4.69) is 18.0 Å². The molecule has 2 rings (SSSR count). The van der Waals surface area contributed by atoms with E-state index in [0.29, 0.717) is 5.92 Å². The maximum Gasteiger partial charge on any atom is 0.0623 e. The Morgan fingerprint density at radius 2 is 2.12 bits per heavy atom. The van der Waals surface area contributed by atoms with Crippen molar-refractivity contribution in [2.45, 2.75) is 51.6 Å². The van der Waals surface area contributed by atoms with E-state index >= 15 is 0 Å². The molecule has 0 radical (unpaired) electrons. The second-order valence-electron chi connectivity index (χ2n) is 4.94. The number of hydrogen-bond donors (Lipinski definition) is 1. The molecule has 88 valence electrons. The van der Waals surface area contributed by atoms with Crippen molar-refractivity contribution >= 4 is 0 Å². The largest absolute Gasteiger partial charge is 0.392 e. The van der Waals surface area contributed by atoms with Crippen LogP contribution in [0.25, 0.3) is 0 Å². The van der Waals surface area contributed by atoms with Gasteiger partial charge in [0.25, 0.3) is 0 Å². The SMILES string of the molecule is Cc1cccnc1CC(O)C1CCCCC1. The lowest BCUT2D eigenvalue weighted by Crippen LogP contribution is -2.25. The van der Waals surface area contributed by atoms with Crippen LogP contribution >= 0.6 is 0 Å². The topological polar surface area (TPSA) is 33.1 Å². The molecule has 16 heavy (non-hydrogen) atoms. The van der Waals surface area contributed by atoms with Crippen molar-refractivity contribution in [3.05, 3.63) is 29.6 Å². The van der Waals surface area contributed by atoms with Crippen molar-refractivity contribution in [3.63, 3.8) is 0 Å². The van der Waals surface area contributed by atoms with E-state index in [9.17, 15) is 5.11 Å². The van der Waals surface area contributed by atoms with E-state index in [1.54, 1.807) is 0 Å². The van der Waals surface area contributed by atoms with Gasteiger partial charge in [-0.2, -0.15) is 0 Å². The first kappa shape index (κ1) is 11.6. The Hall–Kier alpha value is -0.890. The van der Waals surface area contributed by atoms with Crippen molar-refractivity contribution in [1.82, 2.24) is 4.98 Å². The minimum absolute atomic E-state index is 0.200. The molecule has 1 fully saturated rings. The molecule has 1 heterocycles. The van der Waals surface area contributed by atoms with Crippen molar-refractivity contribution in [1.29, 1.82) is 0 Å². The summed E-state index contributed by atoms with van der Waals surface area (Å²) in [6.45, 7) is 2.07. The summed E-state index contributed by atoms with van der Waals surface area (Å²) in [5.41, 5.74) is 2.25. The molecule has 0 bridgehead atoms. The van der Waals surface area contributed by atoms with Crippen LogP contribution in [0.3, 0.4) is 0 Å². The minimum Gasteiger partial charge on any atom is -0.392 e. The summed E-state index contributed by atoms with van der Waals surface area (Å²) in [4.78, 5) is 4.35. The van der Waals surface area contributed by atoms with Gasteiger partial charge in [0.1, 0.15) is 0 Å². The van der Waals surface area contributed by atoms with Crippen LogP contribution in [0.2, 0.25) is 0 Å². The molecular weight excluding hydrogens is 198 g/mol. The quantitative estimate of drug-likeness (QED) is 0.848. The lowest BCUT2D eigenvalue weighted by molar-refractivity contribution is 0.0841. The molecule has 1 aromatic heterocycles. The average Bonchev–Trinajstić information content (AvgIpc) is 2.33. The summed E-state index contributed by atoms with van der Waals surface area (Å²) < 4.78 is 0.